The molecule has 1 heterocycles. The highest BCUT2D eigenvalue weighted by atomic mass is 16.1. The largest absolute Gasteiger partial charge is 0.299 e. The first kappa shape index (κ1) is 13.5. The van der Waals surface area contributed by atoms with Crippen molar-refractivity contribution in [2.24, 2.45) is 29.7 Å². The van der Waals surface area contributed by atoms with E-state index in [2.05, 4.69) is 18.1 Å². The van der Waals surface area contributed by atoms with Crippen LogP contribution in [0, 0.1) is 29.6 Å². The van der Waals surface area contributed by atoms with Gasteiger partial charge in [-0.1, -0.05) is 6.92 Å². The molecule has 3 heteroatoms. The number of carbonyl (C=O) groups is 1. The fourth-order valence-electron chi connectivity index (χ4n) is 6.23. The zero-order valence-corrected chi connectivity index (χ0v) is 13.5. The minimum absolute atomic E-state index is 0.00297. The Balaban J connectivity index is 1.60. The summed E-state index contributed by atoms with van der Waals surface area (Å²) in [6.07, 6.45) is 8.15. The summed E-state index contributed by atoms with van der Waals surface area (Å²) in [5, 5.41) is 4.39. The van der Waals surface area contributed by atoms with Crippen LogP contribution in [-0.2, 0) is 18.3 Å². The Hall–Kier alpha value is -1.12. The highest BCUT2D eigenvalue weighted by Crippen LogP contribution is 2.65. The normalized spacial score (nSPS) is 40.7. The van der Waals surface area contributed by atoms with Crippen LogP contribution < -0.4 is 0 Å². The first-order chi connectivity index (χ1) is 9.87. The van der Waals surface area contributed by atoms with E-state index in [1.807, 2.05) is 18.7 Å². The van der Waals surface area contributed by atoms with Crippen molar-refractivity contribution >= 4 is 5.78 Å². The second-order valence-corrected chi connectivity index (χ2v) is 8.55. The molecule has 114 valence electrons. The summed E-state index contributed by atoms with van der Waals surface area (Å²) in [4.78, 5) is 13.1. The summed E-state index contributed by atoms with van der Waals surface area (Å²) in [5.74, 6) is 2.12. The van der Waals surface area contributed by atoms with Gasteiger partial charge in [0.25, 0.3) is 0 Å². The molecule has 4 aliphatic carbocycles. The zero-order chi connectivity index (χ0) is 14.8. The van der Waals surface area contributed by atoms with E-state index < -0.39 is 0 Å². The van der Waals surface area contributed by atoms with Crippen molar-refractivity contribution in [3.8, 4) is 0 Å². The van der Waals surface area contributed by atoms with E-state index >= 15 is 0 Å². The van der Waals surface area contributed by atoms with Gasteiger partial charge in [-0.15, -0.1) is 0 Å². The van der Waals surface area contributed by atoms with Crippen molar-refractivity contribution in [3.05, 3.63) is 17.5 Å². The van der Waals surface area contributed by atoms with E-state index in [4.69, 9.17) is 0 Å². The minimum atomic E-state index is -0.00297. The summed E-state index contributed by atoms with van der Waals surface area (Å²) >= 11 is 0. The molecule has 4 bridgehead atoms. The SMILES string of the molecule is Cc1cc(CC(=O)C23CC4CC(CC(C)(C4)C2)C3)n(C)n1. The standard InChI is InChI=1S/C18H26N2O/c1-12-4-15(20(3)19-12)6-16(21)18-9-13-5-14(10-18)8-17(2,7-13)11-18/h4,13-14H,5-11H2,1-3H3. The molecule has 0 amide bonds. The van der Waals surface area contributed by atoms with Crippen molar-refractivity contribution in [3.63, 3.8) is 0 Å². The third kappa shape index (κ3) is 2.08. The molecular formula is C18H26N2O. The Morgan fingerprint density at radius 1 is 1.33 bits per heavy atom. The number of ketones is 1. The van der Waals surface area contributed by atoms with Crippen molar-refractivity contribution in [1.29, 1.82) is 0 Å². The predicted octanol–water partition coefficient (Wildman–Crippen LogP) is 3.45. The van der Waals surface area contributed by atoms with E-state index in [9.17, 15) is 4.79 Å². The first-order valence-electron chi connectivity index (χ1n) is 8.40. The van der Waals surface area contributed by atoms with Crippen molar-refractivity contribution in [1.82, 2.24) is 9.78 Å². The van der Waals surface area contributed by atoms with Crippen LogP contribution in [0.3, 0.4) is 0 Å². The highest BCUT2D eigenvalue weighted by molar-refractivity contribution is 5.87. The molecule has 0 N–H and O–H groups in total. The number of carbonyl (C=O) groups excluding carboxylic acids is 1. The lowest BCUT2D eigenvalue weighted by molar-refractivity contribution is -0.152. The van der Waals surface area contributed by atoms with Gasteiger partial charge in [0.05, 0.1) is 5.69 Å². The lowest BCUT2D eigenvalue weighted by Crippen LogP contribution is -2.54. The Morgan fingerprint density at radius 2 is 2.00 bits per heavy atom. The molecule has 1 aromatic heterocycles. The lowest BCUT2D eigenvalue weighted by Gasteiger charge is -2.60. The maximum absolute atomic E-state index is 13.1. The van der Waals surface area contributed by atoms with Gasteiger partial charge < -0.3 is 0 Å². The molecule has 0 radical (unpaired) electrons. The molecule has 21 heavy (non-hydrogen) atoms. The van der Waals surface area contributed by atoms with Crippen LogP contribution in [0.4, 0.5) is 0 Å². The molecule has 0 spiro atoms. The summed E-state index contributed by atoms with van der Waals surface area (Å²) in [5.41, 5.74) is 2.54. The van der Waals surface area contributed by atoms with Gasteiger partial charge in [0.1, 0.15) is 5.78 Å². The highest BCUT2D eigenvalue weighted by Gasteiger charge is 2.58. The minimum Gasteiger partial charge on any atom is -0.299 e. The van der Waals surface area contributed by atoms with Gasteiger partial charge >= 0.3 is 0 Å². The van der Waals surface area contributed by atoms with E-state index in [1.54, 1.807) is 0 Å². The van der Waals surface area contributed by atoms with E-state index in [0.717, 1.165) is 42.5 Å². The van der Waals surface area contributed by atoms with E-state index in [-0.39, 0.29) is 5.41 Å². The van der Waals surface area contributed by atoms with Crippen LogP contribution in [0.2, 0.25) is 0 Å². The van der Waals surface area contributed by atoms with Crippen LogP contribution in [0.15, 0.2) is 6.07 Å². The van der Waals surface area contributed by atoms with Gasteiger partial charge in [-0.05, 0) is 68.8 Å². The topological polar surface area (TPSA) is 34.9 Å². The molecule has 3 nitrogen and oxygen atoms in total. The smallest absolute Gasteiger partial charge is 0.144 e. The second-order valence-electron chi connectivity index (χ2n) is 8.55. The summed E-state index contributed by atoms with van der Waals surface area (Å²) in [6.45, 7) is 4.43. The maximum Gasteiger partial charge on any atom is 0.144 e. The second kappa shape index (κ2) is 4.21. The average molecular weight is 286 g/mol. The summed E-state index contributed by atoms with van der Waals surface area (Å²) < 4.78 is 1.88. The quantitative estimate of drug-likeness (QED) is 0.853. The third-order valence-electron chi connectivity index (χ3n) is 6.39. The van der Waals surface area contributed by atoms with Crippen molar-refractivity contribution < 1.29 is 4.79 Å². The van der Waals surface area contributed by atoms with Gasteiger partial charge in [0.15, 0.2) is 0 Å². The van der Waals surface area contributed by atoms with E-state index in [1.165, 1.54) is 19.3 Å². The number of hydrogen-bond donors (Lipinski definition) is 0. The summed E-state index contributed by atoms with van der Waals surface area (Å²) in [7, 11) is 1.95. The van der Waals surface area contributed by atoms with Crippen molar-refractivity contribution in [2.75, 3.05) is 0 Å². The monoisotopic (exact) mass is 286 g/mol. The van der Waals surface area contributed by atoms with Crippen LogP contribution in [0.1, 0.15) is 56.8 Å². The number of rotatable bonds is 3. The number of hydrogen-bond acceptors (Lipinski definition) is 2. The average Bonchev–Trinajstić information content (AvgIpc) is 2.64. The van der Waals surface area contributed by atoms with Gasteiger partial charge in [0.2, 0.25) is 0 Å². The molecule has 5 rings (SSSR count). The number of aromatic nitrogens is 2. The number of aryl methyl sites for hydroxylation is 2. The molecule has 0 aromatic carbocycles. The molecular weight excluding hydrogens is 260 g/mol. The Kier molecular flexibility index (Phi) is 2.71. The van der Waals surface area contributed by atoms with Crippen LogP contribution in [0.25, 0.3) is 0 Å². The van der Waals surface area contributed by atoms with Gasteiger partial charge in [-0.3, -0.25) is 9.48 Å². The molecule has 4 fully saturated rings. The molecule has 1 aromatic rings. The van der Waals surface area contributed by atoms with Crippen molar-refractivity contribution in [2.45, 2.75) is 58.8 Å². The number of nitrogens with zero attached hydrogens (tertiary/aromatic N) is 2. The first-order valence-corrected chi connectivity index (χ1v) is 8.40. The van der Waals surface area contributed by atoms with Crippen LogP contribution in [0.5, 0.6) is 0 Å². The fourth-order valence-corrected chi connectivity index (χ4v) is 6.23. The van der Waals surface area contributed by atoms with Crippen LogP contribution >= 0.6 is 0 Å². The molecule has 2 atom stereocenters. The predicted molar refractivity (Wildman–Crippen MR) is 81.9 cm³/mol. The molecule has 0 aliphatic heterocycles. The number of Topliss-reactive ketones (excluding diaryl/α,β-unsaturated/α-hetero) is 1. The molecule has 0 saturated heterocycles. The summed E-state index contributed by atoms with van der Waals surface area (Å²) in [6, 6.07) is 2.07. The van der Waals surface area contributed by atoms with Gasteiger partial charge in [-0.2, -0.15) is 5.10 Å². The zero-order valence-electron chi connectivity index (χ0n) is 13.5. The third-order valence-corrected chi connectivity index (χ3v) is 6.39. The fraction of sp³-hybridized carbons (Fsp3) is 0.778. The van der Waals surface area contributed by atoms with Gasteiger partial charge in [0, 0.05) is 24.6 Å². The lowest BCUT2D eigenvalue weighted by atomic mass is 9.43. The maximum atomic E-state index is 13.1. The molecule has 4 saturated carbocycles. The molecule has 4 aliphatic rings. The Bertz CT molecular complexity index is 586. The van der Waals surface area contributed by atoms with Gasteiger partial charge in [-0.25, -0.2) is 0 Å². The van der Waals surface area contributed by atoms with Crippen LogP contribution in [-0.4, -0.2) is 15.6 Å². The Labute approximate surface area is 127 Å². The van der Waals surface area contributed by atoms with E-state index in [0.29, 0.717) is 17.6 Å². The Morgan fingerprint density at radius 3 is 2.52 bits per heavy atom. The molecule has 2 unspecified atom stereocenters.